The summed E-state index contributed by atoms with van der Waals surface area (Å²) in [4.78, 5) is 14.8. The molecular weight excluding hydrogens is 368 g/mol. The van der Waals surface area contributed by atoms with Crippen LogP contribution in [-0.4, -0.2) is 50.8 Å². The fraction of sp³-hybridized carbons (Fsp3) is 0.435. The molecule has 0 bridgehead atoms. The smallest absolute Gasteiger partial charge is 0.258 e. The average molecular weight is 399 g/mol. The first-order valence-corrected chi connectivity index (χ1v) is 10.2. The van der Waals surface area contributed by atoms with E-state index in [4.69, 9.17) is 14.2 Å². The summed E-state index contributed by atoms with van der Waals surface area (Å²) < 4.78 is 16.4. The predicted octanol–water partition coefficient (Wildman–Crippen LogP) is 3.43. The first-order chi connectivity index (χ1) is 14.2. The van der Waals surface area contributed by atoms with Gasteiger partial charge in [-0.2, -0.15) is 0 Å². The number of amides is 1. The van der Waals surface area contributed by atoms with Crippen LogP contribution >= 0.6 is 0 Å². The van der Waals surface area contributed by atoms with Crippen LogP contribution in [0.25, 0.3) is 0 Å². The monoisotopic (exact) mass is 398 g/mol. The average Bonchev–Trinajstić information content (AvgIpc) is 3.28. The summed E-state index contributed by atoms with van der Waals surface area (Å²) in [7, 11) is 1.67. The molecule has 0 radical (unpaired) electrons. The van der Waals surface area contributed by atoms with E-state index in [9.17, 15) is 4.79 Å². The van der Waals surface area contributed by atoms with Gasteiger partial charge in [0.05, 0.1) is 19.8 Å². The number of likely N-dealkylation sites (tertiary alicyclic amines) is 1. The summed E-state index contributed by atoms with van der Waals surface area (Å²) in [5.41, 5.74) is 1.15. The van der Waals surface area contributed by atoms with Gasteiger partial charge in [-0.15, -0.1) is 0 Å². The summed E-state index contributed by atoms with van der Waals surface area (Å²) in [6, 6.07) is 15.5. The highest BCUT2D eigenvalue weighted by Gasteiger charge is 2.24. The molecule has 1 aliphatic heterocycles. The zero-order chi connectivity index (χ0) is 20.5. The molecule has 1 saturated heterocycles. The normalized spacial score (nSPS) is 15.0. The molecule has 1 aliphatic rings. The molecule has 1 unspecified atom stereocenters. The van der Waals surface area contributed by atoms with E-state index in [-0.39, 0.29) is 18.6 Å². The minimum absolute atomic E-state index is 0.0151. The third kappa shape index (κ3) is 6.12. The van der Waals surface area contributed by atoms with E-state index in [1.165, 1.54) is 12.8 Å². The van der Waals surface area contributed by atoms with Crippen molar-refractivity contribution in [3.63, 3.8) is 0 Å². The van der Waals surface area contributed by atoms with E-state index < -0.39 is 0 Å². The van der Waals surface area contributed by atoms with Crippen molar-refractivity contribution in [2.75, 3.05) is 40.0 Å². The number of nitrogens with zero attached hydrogens (tertiary/aromatic N) is 1. The van der Waals surface area contributed by atoms with Gasteiger partial charge in [0, 0.05) is 6.54 Å². The molecule has 0 aliphatic carbocycles. The first-order valence-electron chi connectivity index (χ1n) is 10.2. The second-order valence-electron chi connectivity index (χ2n) is 7.03. The van der Waals surface area contributed by atoms with Crippen LogP contribution in [0, 0.1) is 0 Å². The molecule has 29 heavy (non-hydrogen) atoms. The van der Waals surface area contributed by atoms with Crippen molar-refractivity contribution >= 4 is 5.91 Å². The van der Waals surface area contributed by atoms with Gasteiger partial charge < -0.3 is 19.5 Å². The maximum Gasteiger partial charge on any atom is 0.258 e. The number of hydrogen-bond acceptors (Lipinski definition) is 5. The highest BCUT2D eigenvalue weighted by atomic mass is 16.5. The van der Waals surface area contributed by atoms with E-state index in [1.807, 2.05) is 49.4 Å². The van der Waals surface area contributed by atoms with Crippen molar-refractivity contribution in [1.29, 1.82) is 0 Å². The lowest BCUT2D eigenvalue weighted by atomic mass is 10.0. The Morgan fingerprint density at radius 1 is 1.03 bits per heavy atom. The maximum atomic E-state index is 12.4. The Morgan fingerprint density at radius 2 is 1.72 bits per heavy atom. The molecule has 0 spiro atoms. The third-order valence-electron chi connectivity index (χ3n) is 5.06. The van der Waals surface area contributed by atoms with E-state index >= 15 is 0 Å². The third-order valence-corrected chi connectivity index (χ3v) is 5.06. The summed E-state index contributed by atoms with van der Waals surface area (Å²) >= 11 is 0. The topological polar surface area (TPSA) is 60.0 Å². The Bertz CT molecular complexity index is 773. The number of carbonyl (C=O) groups is 1. The van der Waals surface area contributed by atoms with Gasteiger partial charge in [-0.25, -0.2) is 0 Å². The number of benzene rings is 2. The van der Waals surface area contributed by atoms with E-state index in [0.29, 0.717) is 18.9 Å². The van der Waals surface area contributed by atoms with Gasteiger partial charge in [-0.05, 0) is 74.8 Å². The number of rotatable bonds is 10. The molecule has 1 fully saturated rings. The van der Waals surface area contributed by atoms with Crippen LogP contribution in [0.1, 0.15) is 31.4 Å². The lowest BCUT2D eigenvalue weighted by Gasteiger charge is -2.28. The zero-order valence-corrected chi connectivity index (χ0v) is 17.2. The van der Waals surface area contributed by atoms with Gasteiger partial charge in [0.1, 0.15) is 17.2 Å². The molecule has 0 aromatic heterocycles. The second-order valence-corrected chi connectivity index (χ2v) is 7.03. The van der Waals surface area contributed by atoms with Crippen LogP contribution in [0.2, 0.25) is 0 Å². The minimum Gasteiger partial charge on any atom is -0.497 e. The second kappa shape index (κ2) is 10.7. The Labute approximate surface area is 172 Å². The molecule has 1 atom stereocenters. The van der Waals surface area contributed by atoms with Crippen molar-refractivity contribution in [3.05, 3.63) is 54.1 Å². The van der Waals surface area contributed by atoms with Gasteiger partial charge >= 0.3 is 0 Å². The van der Waals surface area contributed by atoms with Crippen molar-refractivity contribution in [3.8, 4) is 17.2 Å². The van der Waals surface area contributed by atoms with E-state index in [0.717, 1.165) is 30.2 Å². The molecule has 1 amide bonds. The summed E-state index contributed by atoms with van der Waals surface area (Å²) in [5, 5.41) is 3.03. The van der Waals surface area contributed by atoms with Crippen molar-refractivity contribution in [1.82, 2.24) is 10.2 Å². The highest BCUT2D eigenvalue weighted by molar-refractivity contribution is 5.77. The summed E-state index contributed by atoms with van der Waals surface area (Å²) in [6.07, 6.45) is 2.38. The molecule has 1 N–H and O–H groups in total. The fourth-order valence-electron chi connectivity index (χ4n) is 3.57. The van der Waals surface area contributed by atoms with Crippen LogP contribution in [0.5, 0.6) is 17.2 Å². The maximum absolute atomic E-state index is 12.4. The number of hydrogen-bond donors (Lipinski definition) is 1. The van der Waals surface area contributed by atoms with Gasteiger partial charge in [0.25, 0.3) is 5.91 Å². The predicted molar refractivity (Wildman–Crippen MR) is 113 cm³/mol. The lowest BCUT2D eigenvalue weighted by Crippen LogP contribution is -2.38. The van der Waals surface area contributed by atoms with Crippen LogP contribution in [0.4, 0.5) is 0 Å². The SMILES string of the molecule is CCOc1ccc(OCC(=O)NCC(c2cccc(OC)c2)N2CCCC2)cc1. The molecule has 156 valence electrons. The van der Waals surface area contributed by atoms with E-state index in [2.05, 4.69) is 16.3 Å². The van der Waals surface area contributed by atoms with Gasteiger partial charge in [0.15, 0.2) is 6.61 Å². The van der Waals surface area contributed by atoms with Gasteiger partial charge in [0.2, 0.25) is 0 Å². The minimum atomic E-state index is -0.133. The molecule has 2 aromatic rings. The Morgan fingerprint density at radius 3 is 2.38 bits per heavy atom. The Hall–Kier alpha value is -2.73. The summed E-state index contributed by atoms with van der Waals surface area (Å²) in [6.45, 7) is 5.17. The lowest BCUT2D eigenvalue weighted by molar-refractivity contribution is -0.123. The quantitative estimate of drug-likeness (QED) is 0.664. The Balaban J connectivity index is 1.54. The van der Waals surface area contributed by atoms with Crippen molar-refractivity contribution < 1.29 is 19.0 Å². The molecule has 6 heteroatoms. The fourth-order valence-corrected chi connectivity index (χ4v) is 3.57. The number of carbonyl (C=O) groups excluding carboxylic acids is 1. The molecule has 3 rings (SSSR count). The number of methoxy groups -OCH3 is 1. The van der Waals surface area contributed by atoms with Gasteiger partial charge in [-0.3, -0.25) is 9.69 Å². The number of nitrogens with one attached hydrogen (secondary N) is 1. The molecule has 0 saturated carbocycles. The van der Waals surface area contributed by atoms with Crippen LogP contribution in [0.3, 0.4) is 0 Å². The molecule has 2 aromatic carbocycles. The van der Waals surface area contributed by atoms with Crippen LogP contribution in [-0.2, 0) is 4.79 Å². The summed E-state index contributed by atoms with van der Waals surface area (Å²) in [5.74, 6) is 2.13. The van der Waals surface area contributed by atoms with Crippen LogP contribution < -0.4 is 19.5 Å². The standard InChI is InChI=1S/C23H30N2O4/c1-3-28-19-9-11-20(12-10-19)29-17-23(26)24-16-22(25-13-4-5-14-25)18-7-6-8-21(15-18)27-2/h6-12,15,22H,3-5,13-14,16-17H2,1-2H3,(H,24,26). The molecular formula is C23H30N2O4. The van der Waals surface area contributed by atoms with Crippen molar-refractivity contribution in [2.24, 2.45) is 0 Å². The zero-order valence-electron chi connectivity index (χ0n) is 17.2. The van der Waals surface area contributed by atoms with Crippen LogP contribution in [0.15, 0.2) is 48.5 Å². The van der Waals surface area contributed by atoms with Gasteiger partial charge in [-0.1, -0.05) is 12.1 Å². The number of ether oxygens (including phenoxy) is 3. The molecule has 6 nitrogen and oxygen atoms in total. The first kappa shape index (κ1) is 21.0. The molecule has 1 heterocycles. The van der Waals surface area contributed by atoms with E-state index in [1.54, 1.807) is 7.11 Å². The van der Waals surface area contributed by atoms with Crippen molar-refractivity contribution in [2.45, 2.75) is 25.8 Å². The highest BCUT2D eigenvalue weighted by Crippen LogP contribution is 2.27. The largest absolute Gasteiger partial charge is 0.497 e. The Kier molecular flexibility index (Phi) is 7.76.